The molecule has 0 amide bonds. The molecule has 0 aliphatic heterocycles. The highest BCUT2D eigenvalue weighted by Crippen LogP contribution is 2.26. The zero-order chi connectivity index (χ0) is 22.3. The Morgan fingerprint density at radius 3 is 2.44 bits per heavy atom. The number of aryl methyl sites for hydroxylation is 1. The molecule has 0 atom stereocenters. The number of pyridine rings is 1. The Morgan fingerprint density at radius 1 is 0.875 bits per heavy atom. The predicted octanol–water partition coefficient (Wildman–Crippen LogP) is 5.26. The van der Waals surface area contributed by atoms with E-state index in [0.29, 0.717) is 23.0 Å². The number of hydrogen-bond donors (Lipinski definition) is 1. The first-order valence-corrected chi connectivity index (χ1v) is 10.2. The van der Waals surface area contributed by atoms with Gasteiger partial charge in [-0.25, -0.2) is 9.98 Å². The summed E-state index contributed by atoms with van der Waals surface area (Å²) in [5, 5.41) is 5.47. The zero-order valence-electron chi connectivity index (χ0n) is 18.2. The summed E-state index contributed by atoms with van der Waals surface area (Å²) in [5.41, 5.74) is 7.51. The molecule has 160 valence electrons. The molecule has 1 aromatic heterocycles. The van der Waals surface area contributed by atoms with Crippen molar-refractivity contribution >= 4 is 28.6 Å². The Bertz CT molecular complexity index is 1280. The van der Waals surface area contributed by atoms with Crippen LogP contribution in [0.4, 0.5) is 5.69 Å². The number of amidine groups is 1. The van der Waals surface area contributed by atoms with Crippen LogP contribution in [0.15, 0.2) is 89.0 Å². The van der Waals surface area contributed by atoms with Crippen LogP contribution in [0.2, 0.25) is 0 Å². The van der Waals surface area contributed by atoms with E-state index in [2.05, 4.69) is 10.5 Å². The normalized spacial score (nSPS) is 11.7. The minimum absolute atomic E-state index is 0.552. The van der Waals surface area contributed by atoms with Crippen molar-refractivity contribution in [2.45, 2.75) is 6.92 Å². The first kappa shape index (κ1) is 21.1. The number of nitrogens with one attached hydrogen (secondary N) is 1. The molecule has 0 spiro atoms. The fraction of sp³-hybridized carbons (Fsp3) is 0.115. The van der Waals surface area contributed by atoms with Gasteiger partial charge in [0.05, 0.1) is 31.6 Å². The van der Waals surface area contributed by atoms with Crippen LogP contribution < -0.4 is 14.9 Å². The first-order chi connectivity index (χ1) is 15.7. The SMILES string of the molecule is COc1ccc(C=NNC(=Nc2ccc(C)cc2)c2ccc3ccccc3n2)cc1OC. The van der Waals surface area contributed by atoms with Crippen LogP contribution in [0.3, 0.4) is 0 Å². The molecule has 0 bridgehead atoms. The number of hydrazone groups is 1. The van der Waals surface area contributed by atoms with Crippen LogP contribution in [-0.2, 0) is 0 Å². The van der Waals surface area contributed by atoms with Crippen molar-refractivity contribution in [2.24, 2.45) is 10.1 Å². The average Bonchev–Trinajstić information content (AvgIpc) is 2.84. The average molecular weight is 425 g/mol. The third kappa shape index (κ3) is 4.92. The van der Waals surface area contributed by atoms with E-state index < -0.39 is 0 Å². The van der Waals surface area contributed by atoms with Crippen LogP contribution in [0.25, 0.3) is 10.9 Å². The van der Waals surface area contributed by atoms with Crippen LogP contribution >= 0.6 is 0 Å². The van der Waals surface area contributed by atoms with Crippen molar-refractivity contribution < 1.29 is 9.47 Å². The largest absolute Gasteiger partial charge is 0.493 e. The van der Waals surface area contributed by atoms with Gasteiger partial charge in [-0.05, 0) is 55.0 Å². The summed E-state index contributed by atoms with van der Waals surface area (Å²) in [6.45, 7) is 2.05. The fourth-order valence-corrected chi connectivity index (χ4v) is 3.19. The van der Waals surface area contributed by atoms with E-state index in [4.69, 9.17) is 19.5 Å². The van der Waals surface area contributed by atoms with Crippen molar-refractivity contribution in [3.63, 3.8) is 0 Å². The Hall–Kier alpha value is -4.19. The lowest BCUT2D eigenvalue weighted by molar-refractivity contribution is 0.355. The summed E-state index contributed by atoms with van der Waals surface area (Å²) in [6, 6.07) is 25.5. The molecular formula is C26H24N4O2. The van der Waals surface area contributed by atoms with Gasteiger partial charge in [-0.15, -0.1) is 0 Å². The summed E-state index contributed by atoms with van der Waals surface area (Å²) in [7, 11) is 3.21. The Labute approximate surface area is 187 Å². The highest BCUT2D eigenvalue weighted by Gasteiger charge is 2.07. The molecule has 3 aromatic carbocycles. The Morgan fingerprint density at radius 2 is 1.66 bits per heavy atom. The number of aliphatic imine (C=N–C) groups is 1. The van der Waals surface area contributed by atoms with E-state index in [0.717, 1.165) is 22.2 Å². The van der Waals surface area contributed by atoms with Gasteiger partial charge in [0.25, 0.3) is 0 Å². The number of benzene rings is 3. The van der Waals surface area contributed by atoms with Crippen molar-refractivity contribution in [1.82, 2.24) is 10.4 Å². The quantitative estimate of drug-likeness (QED) is 0.260. The molecule has 0 unspecified atom stereocenters. The zero-order valence-corrected chi connectivity index (χ0v) is 18.2. The highest BCUT2D eigenvalue weighted by atomic mass is 16.5. The molecule has 4 rings (SSSR count). The molecule has 0 aliphatic carbocycles. The van der Waals surface area contributed by atoms with Gasteiger partial charge in [0.15, 0.2) is 17.3 Å². The topological polar surface area (TPSA) is 68.1 Å². The van der Waals surface area contributed by atoms with E-state index in [9.17, 15) is 0 Å². The van der Waals surface area contributed by atoms with Crippen molar-refractivity contribution in [2.75, 3.05) is 14.2 Å². The molecular weight excluding hydrogens is 400 g/mol. The van der Waals surface area contributed by atoms with E-state index >= 15 is 0 Å². The number of fused-ring (bicyclic) bond motifs is 1. The second kappa shape index (κ2) is 9.75. The maximum Gasteiger partial charge on any atom is 0.173 e. The molecule has 4 aromatic rings. The molecule has 0 radical (unpaired) electrons. The lowest BCUT2D eigenvalue weighted by Gasteiger charge is -2.08. The number of nitrogens with zero attached hydrogens (tertiary/aromatic N) is 3. The number of hydrogen-bond acceptors (Lipinski definition) is 5. The van der Waals surface area contributed by atoms with Gasteiger partial charge in [-0.1, -0.05) is 42.0 Å². The highest BCUT2D eigenvalue weighted by molar-refractivity contribution is 6.00. The van der Waals surface area contributed by atoms with E-state index in [1.807, 2.05) is 85.8 Å². The smallest absolute Gasteiger partial charge is 0.173 e. The Kier molecular flexibility index (Phi) is 6.41. The second-order valence-corrected chi connectivity index (χ2v) is 7.17. The van der Waals surface area contributed by atoms with Gasteiger partial charge in [0.1, 0.15) is 5.69 Å². The molecule has 6 nitrogen and oxygen atoms in total. The first-order valence-electron chi connectivity index (χ1n) is 10.2. The summed E-state index contributed by atoms with van der Waals surface area (Å²) in [5.74, 6) is 1.86. The molecule has 1 heterocycles. The monoisotopic (exact) mass is 424 g/mol. The predicted molar refractivity (Wildman–Crippen MR) is 129 cm³/mol. The molecule has 0 saturated carbocycles. The van der Waals surface area contributed by atoms with Gasteiger partial charge in [-0.3, -0.25) is 5.43 Å². The standard InChI is InChI=1S/C26H24N4O2/c1-18-8-12-21(13-9-18)28-26(23-14-11-20-6-4-5-7-22(20)29-23)30-27-17-19-10-15-24(31-2)25(16-19)32-3/h4-17H,1-3H3,(H,28,30). The summed E-state index contributed by atoms with van der Waals surface area (Å²) in [6.07, 6.45) is 1.70. The van der Waals surface area contributed by atoms with Crippen molar-refractivity contribution in [3.05, 3.63) is 95.7 Å². The molecule has 32 heavy (non-hydrogen) atoms. The number of aromatic nitrogens is 1. The van der Waals surface area contributed by atoms with Crippen molar-refractivity contribution in [1.29, 1.82) is 0 Å². The fourth-order valence-electron chi connectivity index (χ4n) is 3.19. The Balaban J connectivity index is 1.66. The molecule has 0 fully saturated rings. The third-order valence-electron chi connectivity index (χ3n) is 4.91. The maximum atomic E-state index is 5.36. The van der Waals surface area contributed by atoms with E-state index in [1.54, 1.807) is 20.4 Å². The summed E-state index contributed by atoms with van der Waals surface area (Å²) >= 11 is 0. The van der Waals surface area contributed by atoms with Crippen LogP contribution in [0.5, 0.6) is 11.5 Å². The number of methoxy groups -OCH3 is 2. The van der Waals surface area contributed by atoms with Gasteiger partial charge in [0.2, 0.25) is 0 Å². The summed E-state index contributed by atoms with van der Waals surface area (Å²) < 4.78 is 10.7. The third-order valence-corrected chi connectivity index (χ3v) is 4.91. The van der Waals surface area contributed by atoms with Crippen LogP contribution in [-0.4, -0.2) is 31.3 Å². The number of para-hydroxylation sites is 1. The minimum atomic E-state index is 0.552. The van der Waals surface area contributed by atoms with Gasteiger partial charge in [0, 0.05) is 5.39 Å². The lowest BCUT2D eigenvalue weighted by Crippen LogP contribution is -2.20. The number of ether oxygens (including phenoxy) is 2. The van der Waals surface area contributed by atoms with Crippen molar-refractivity contribution in [3.8, 4) is 11.5 Å². The van der Waals surface area contributed by atoms with E-state index in [-0.39, 0.29) is 0 Å². The van der Waals surface area contributed by atoms with Gasteiger partial charge < -0.3 is 9.47 Å². The van der Waals surface area contributed by atoms with Gasteiger partial charge in [-0.2, -0.15) is 5.10 Å². The van der Waals surface area contributed by atoms with E-state index in [1.165, 1.54) is 5.56 Å². The molecule has 0 aliphatic rings. The molecule has 6 heteroatoms. The minimum Gasteiger partial charge on any atom is -0.493 e. The molecule has 0 saturated heterocycles. The lowest BCUT2D eigenvalue weighted by atomic mass is 10.2. The number of rotatable bonds is 6. The van der Waals surface area contributed by atoms with Gasteiger partial charge >= 0.3 is 0 Å². The van der Waals surface area contributed by atoms with Crippen LogP contribution in [0, 0.1) is 6.92 Å². The second-order valence-electron chi connectivity index (χ2n) is 7.17. The summed E-state index contributed by atoms with van der Waals surface area (Å²) in [4.78, 5) is 9.51. The maximum absolute atomic E-state index is 5.36. The molecule has 1 N–H and O–H groups in total. The van der Waals surface area contributed by atoms with Crippen LogP contribution in [0.1, 0.15) is 16.8 Å².